The molecule has 0 unspecified atom stereocenters. The Morgan fingerprint density at radius 1 is 1.22 bits per heavy atom. The first-order valence-corrected chi connectivity index (χ1v) is 8.68. The minimum atomic E-state index is -0.806. The molecular formula is C16H32N6O5. The fourth-order valence-corrected chi connectivity index (χ4v) is 2.09. The van der Waals surface area contributed by atoms with Crippen LogP contribution in [0.3, 0.4) is 0 Å². The van der Waals surface area contributed by atoms with E-state index >= 15 is 0 Å². The fourth-order valence-electron chi connectivity index (χ4n) is 2.09. The number of ether oxygens (including phenoxy) is 1. The maximum atomic E-state index is 12.5. The van der Waals surface area contributed by atoms with Crippen molar-refractivity contribution in [2.45, 2.75) is 66.0 Å². The Morgan fingerprint density at radius 2 is 1.78 bits per heavy atom. The molecule has 0 saturated carbocycles. The highest BCUT2D eigenvalue weighted by Crippen LogP contribution is 2.20. The number of hydrogen-bond donors (Lipinski definition) is 4. The average molecular weight is 388 g/mol. The van der Waals surface area contributed by atoms with Crippen molar-refractivity contribution in [2.75, 3.05) is 13.1 Å². The van der Waals surface area contributed by atoms with Crippen molar-refractivity contribution in [1.82, 2.24) is 15.6 Å². The van der Waals surface area contributed by atoms with E-state index in [1.807, 2.05) is 20.8 Å². The van der Waals surface area contributed by atoms with Crippen molar-refractivity contribution in [2.24, 2.45) is 11.1 Å². The number of hydrogen-bond acceptors (Lipinski definition) is 6. The second kappa shape index (κ2) is 9.93. The number of nitrogens with two attached hydrogens (primary N) is 1. The molecule has 0 fully saturated rings. The van der Waals surface area contributed by atoms with Crippen LogP contribution in [0.1, 0.15) is 54.4 Å². The Morgan fingerprint density at radius 3 is 2.19 bits per heavy atom. The van der Waals surface area contributed by atoms with E-state index in [9.17, 15) is 19.7 Å². The third-order valence-electron chi connectivity index (χ3n) is 3.36. The summed E-state index contributed by atoms with van der Waals surface area (Å²) < 4.78 is 5.20. The van der Waals surface area contributed by atoms with Gasteiger partial charge in [0, 0.05) is 6.54 Å². The summed E-state index contributed by atoms with van der Waals surface area (Å²) in [5.74, 6) is -1.01. The summed E-state index contributed by atoms with van der Waals surface area (Å²) in [5.41, 5.74) is 3.90. The average Bonchev–Trinajstić information content (AvgIpc) is 2.44. The Hall–Kier alpha value is -2.59. The van der Waals surface area contributed by atoms with Crippen LogP contribution in [0.15, 0.2) is 0 Å². The molecule has 0 aliphatic carbocycles. The maximum Gasteiger partial charge on any atom is 0.408 e. The first kappa shape index (κ1) is 24.4. The summed E-state index contributed by atoms with van der Waals surface area (Å²) in [5, 5.41) is 22.9. The molecule has 0 aliphatic heterocycles. The zero-order valence-corrected chi connectivity index (χ0v) is 16.9. The van der Waals surface area contributed by atoms with Gasteiger partial charge >= 0.3 is 6.09 Å². The van der Waals surface area contributed by atoms with Crippen LogP contribution in [0.5, 0.6) is 0 Å². The number of carbonyl (C=O) groups excluding carboxylic acids is 2. The van der Waals surface area contributed by atoms with Gasteiger partial charge in [-0.3, -0.25) is 10.2 Å². The molecule has 0 aromatic carbocycles. The van der Waals surface area contributed by atoms with E-state index in [0.717, 1.165) is 0 Å². The van der Waals surface area contributed by atoms with Gasteiger partial charge in [-0.25, -0.2) is 14.9 Å². The van der Waals surface area contributed by atoms with Gasteiger partial charge in [-0.2, -0.15) is 0 Å². The monoisotopic (exact) mass is 388 g/mol. The van der Waals surface area contributed by atoms with Crippen molar-refractivity contribution in [1.29, 1.82) is 5.41 Å². The summed E-state index contributed by atoms with van der Waals surface area (Å²) in [6.07, 6.45) is 0.133. The normalized spacial score (nSPS) is 12.7. The maximum absolute atomic E-state index is 12.5. The SMILES string of the molecule is CC(C)(C)OC(=O)N[C@H](C(=O)NCCCCN(C(=N)N)[N+](=O)[O-])C(C)(C)C. The number of alkyl carbamates (subject to hydrolysis) is 1. The number of nitrogens with zero attached hydrogens (tertiary/aromatic N) is 2. The summed E-state index contributed by atoms with van der Waals surface area (Å²) in [4.78, 5) is 35.1. The summed E-state index contributed by atoms with van der Waals surface area (Å²) in [6.45, 7) is 10.9. The lowest BCUT2D eigenvalue weighted by Gasteiger charge is -2.31. The number of hydrazine groups is 1. The van der Waals surface area contributed by atoms with Crippen LogP contribution in [-0.2, 0) is 9.53 Å². The van der Waals surface area contributed by atoms with E-state index in [1.165, 1.54) is 0 Å². The molecule has 0 heterocycles. The molecule has 156 valence electrons. The molecule has 0 spiro atoms. The number of nitro groups is 1. The van der Waals surface area contributed by atoms with Crippen LogP contribution in [0, 0.1) is 20.9 Å². The van der Waals surface area contributed by atoms with Crippen LogP contribution < -0.4 is 16.4 Å². The van der Waals surface area contributed by atoms with E-state index in [4.69, 9.17) is 15.9 Å². The molecule has 0 bridgehead atoms. The summed E-state index contributed by atoms with van der Waals surface area (Å²) in [7, 11) is 0. The van der Waals surface area contributed by atoms with Crippen molar-refractivity contribution in [3.8, 4) is 0 Å². The van der Waals surface area contributed by atoms with Gasteiger partial charge in [0.15, 0.2) is 5.03 Å². The highest BCUT2D eigenvalue weighted by Gasteiger charge is 2.34. The van der Waals surface area contributed by atoms with Crippen LogP contribution in [-0.4, -0.2) is 52.7 Å². The number of amides is 2. The molecule has 0 saturated heterocycles. The standard InChI is InChI=1S/C16H32N6O5/c1-15(2,3)11(20-14(24)27-16(4,5)6)12(23)19-9-7-8-10-21(13(17)18)22(25)26/h11H,7-10H2,1-6H3,(H3,17,18)(H,19,23)(H,20,24)/t11-/m1/s1. The summed E-state index contributed by atoms with van der Waals surface area (Å²) >= 11 is 0. The number of unbranched alkanes of at least 4 members (excludes halogenated alkanes) is 1. The first-order chi connectivity index (χ1) is 12.1. The van der Waals surface area contributed by atoms with Gasteiger partial charge in [-0.05, 0) is 39.0 Å². The van der Waals surface area contributed by atoms with Crippen molar-refractivity contribution in [3.63, 3.8) is 0 Å². The molecule has 2 amide bonds. The van der Waals surface area contributed by atoms with Gasteiger partial charge in [-0.15, -0.1) is 0 Å². The van der Waals surface area contributed by atoms with E-state index < -0.39 is 34.1 Å². The Kier molecular flexibility index (Phi) is 8.98. The largest absolute Gasteiger partial charge is 0.444 e. The van der Waals surface area contributed by atoms with Crippen molar-refractivity contribution < 1.29 is 19.4 Å². The quantitative estimate of drug-likeness (QED) is 0.159. The lowest BCUT2D eigenvalue weighted by atomic mass is 9.86. The number of carbonyl (C=O) groups is 2. The summed E-state index contributed by atoms with van der Waals surface area (Å²) in [6, 6.07) is -0.806. The van der Waals surface area contributed by atoms with Gasteiger partial charge in [0.25, 0.3) is 5.96 Å². The molecule has 27 heavy (non-hydrogen) atoms. The second-order valence-corrected chi connectivity index (χ2v) is 8.19. The number of rotatable bonds is 8. The van der Waals surface area contributed by atoms with E-state index in [2.05, 4.69) is 10.6 Å². The molecule has 0 aliphatic rings. The lowest BCUT2D eigenvalue weighted by Crippen LogP contribution is -2.54. The molecule has 11 nitrogen and oxygen atoms in total. The van der Waals surface area contributed by atoms with E-state index in [1.54, 1.807) is 20.8 Å². The molecule has 11 heteroatoms. The molecule has 0 aromatic rings. The van der Waals surface area contributed by atoms with Gasteiger partial charge in [0.2, 0.25) is 5.91 Å². The molecule has 5 N–H and O–H groups in total. The third kappa shape index (κ3) is 10.2. The molecule has 0 radical (unpaired) electrons. The Labute approximate surface area is 159 Å². The lowest BCUT2D eigenvalue weighted by molar-refractivity contribution is -0.629. The Balaban J connectivity index is 4.57. The van der Waals surface area contributed by atoms with E-state index in [0.29, 0.717) is 17.9 Å². The van der Waals surface area contributed by atoms with Gasteiger partial charge in [0.1, 0.15) is 11.6 Å². The zero-order chi connectivity index (χ0) is 21.4. The van der Waals surface area contributed by atoms with Crippen molar-refractivity contribution in [3.05, 3.63) is 10.1 Å². The minimum absolute atomic E-state index is 0.0307. The van der Waals surface area contributed by atoms with Gasteiger partial charge < -0.3 is 21.1 Å². The fraction of sp³-hybridized carbons (Fsp3) is 0.812. The predicted octanol–water partition coefficient (Wildman–Crippen LogP) is 1.21. The number of guanidine groups is 1. The van der Waals surface area contributed by atoms with Gasteiger partial charge in [0.05, 0.1) is 6.54 Å². The third-order valence-corrected chi connectivity index (χ3v) is 3.36. The highest BCUT2D eigenvalue weighted by molar-refractivity contribution is 5.86. The molecule has 0 aromatic heterocycles. The predicted molar refractivity (Wildman–Crippen MR) is 100 cm³/mol. The van der Waals surface area contributed by atoms with Gasteiger partial charge in [-0.1, -0.05) is 25.8 Å². The van der Waals surface area contributed by atoms with Crippen molar-refractivity contribution >= 4 is 18.0 Å². The molecule has 1 atom stereocenters. The second-order valence-electron chi connectivity index (χ2n) is 8.19. The van der Waals surface area contributed by atoms with Crippen LogP contribution in [0.2, 0.25) is 0 Å². The smallest absolute Gasteiger partial charge is 0.408 e. The van der Waals surface area contributed by atoms with E-state index in [-0.39, 0.29) is 19.0 Å². The van der Waals surface area contributed by atoms with Crippen LogP contribution in [0.25, 0.3) is 0 Å². The topological polar surface area (TPSA) is 164 Å². The molecule has 0 rings (SSSR count). The Bertz CT molecular complexity index is 538. The highest BCUT2D eigenvalue weighted by atomic mass is 16.7. The van der Waals surface area contributed by atoms with Crippen LogP contribution >= 0.6 is 0 Å². The minimum Gasteiger partial charge on any atom is -0.444 e. The molecular weight excluding hydrogens is 356 g/mol. The first-order valence-electron chi connectivity index (χ1n) is 8.68. The zero-order valence-electron chi connectivity index (χ0n) is 16.9. The van der Waals surface area contributed by atoms with Crippen LogP contribution in [0.4, 0.5) is 4.79 Å². The number of nitrogens with one attached hydrogen (secondary N) is 3.